The molecule has 0 saturated heterocycles. The van der Waals surface area contributed by atoms with E-state index in [9.17, 15) is 4.79 Å². The lowest BCUT2D eigenvalue weighted by atomic mass is 9.94. The molecule has 0 aliphatic carbocycles. The SMILES string of the molecule is Cc1cc2cc3c(cc2cc1C)Cn1c(=O)ccc2c(-c4ccsc4)cc(-c4ccsc4)c(c21)OC3. The van der Waals surface area contributed by atoms with E-state index >= 15 is 0 Å². The van der Waals surface area contributed by atoms with Crippen molar-refractivity contribution in [2.45, 2.75) is 27.0 Å². The summed E-state index contributed by atoms with van der Waals surface area (Å²) < 4.78 is 8.56. The van der Waals surface area contributed by atoms with Crippen LogP contribution < -0.4 is 10.3 Å². The second kappa shape index (κ2) is 8.19. The number of ether oxygens (including phenoxy) is 1. The number of thiophene rings is 2. The van der Waals surface area contributed by atoms with Crippen molar-refractivity contribution < 1.29 is 4.74 Å². The van der Waals surface area contributed by atoms with Crippen molar-refractivity contribution >= 4 is 44.3 Å². The number of rotatable bonds is 2. The van der Waals surface area contributed by atoms with E-state index in [4.69, 9.17) is 4.74 Å². The zero-order valence-electron chi connectivity index (χ0n) is 20.0. The van der Waals surface area contributed by atoms with Crippen LogP contribution in [-0.2, 0) is 13.2 Å². The molecule has 1 aliphatic rings. The second-order valence-electron chi connectivity index (χ2n) is 9.54. The molecule has 0 unspecified atom stereocenters. The van der Waals surface area contributed by atoms with Crippen LogP contribution in [0.15, 0.2) is 80.9 Å². The highest BCUT2D eigenvalue weighted by molar-refractivity contribution is 7.08. The third-order valence-corrected chi connectivity index (χ3v) is 8.72. The van der Waals surface area contributed by atoms with Crippen molar-refractivity contribution in [2.24, 2.45) is 0 Å². The van der Waals surface area contributed by atoms with Gasteiger partial charge in [-0.05, 0) is 121 Å². The molecule has 7 rings (SSSR count). The number of pyridine rings is 1. The summed E-state index contributed by atoms with van der Waals surface area (Å²) in [7, 11) is 0. The average molecular weight is 506 g/mol. The number of benzene rings is 3. The van der Waals surface area contributed by atoms with E-state index in [2.05, 4.69) is 77.8 Å². The molecule has 0 spiro atoms. The lowest BCUT2D eigenvalue weighted by Crippen LogP contribution is -2.23. The average Bonchev–Trinajstić information content (AvgIpc) is 3.58. The van der Waals surface area contributed by atoms with Gasteiger partial charge in [-0.3, -0.25) is 4.79 Å². The van der Waals surface area contributed by atoms with E-state index in [1.54, 1.807) is 28.7 Å². The van der Waals surface area contributed by atoms with E-state index in [-0.39, 0.29) is 5.56 Å². The minimum atomic E-state index is -0.0147. The van der Waals surface area contributed by atoms with Gasteiger partial charge in [0, 0.05) is 17.0 Å². The lowest BCUT2D eigenvalue weighted by molar-refractivity contribution is 0.306. The number of hydrogen-bond acceptors (Lipinski definition) is 4. The summed E-state index contributed by atoms with van der Waals surface area (Å²) in [5.74, 6) is 0.783. The van der Waals surface area contributed by atoms with Gasteiger partial charge in [0.1, 0.15) is 6.61 Å². The first-order valence-corrected chi connectivity index (χ1v) is 13.9. The standard InChI is InChI=1S/C31H23NO2S2/c1-18-9-22-11-24-14-32-29(33)4-3-26-27(20-5-7-35-16-20)13-28(21-6-8-36-17-21)31(30(26)32)34-15-25(24)12-23(22)10-19(18)2/h3-13,16-17H,14-15H2,1-2H3. The van der Waals surface area contributed by atoms with Crippen molar-refractivity contribution in [1.82, 2.24) is 4.57 Å². The number of hydrogen-bond donors (Lipinski definition) is 0. The molecule has 0 radical (unpaired) electrons. The highest BCUT2D eigenvalue weighted by Gasteiger charge is 2.23. The molecule has 4 heterocycles. The van der Waals surface area contributed by atoms with Crippen molar-refractivity contribution in [3.05, 3.63) is 109 Å². The molecule has 176 valence electrons. The smallest absolute Gasteiger partial charge is 0.251 e. The summed E-state index contributed by atoms with van der Waals surface area (Å²) in [6, 6.07) is 19.1. The minimum Gasteiger partial charge on any atom is -0.486 e. The van der Waals surface area contributed by atoms with Crippen LogP contribution in [0.1, 0.15) is 22.3 Å². The van der Waals surface area contributed by atoms with Crippen molar-refractivity contribution in [3.8, 4) is 28.0 Å². The summed E-state index contributed by atoms with van der Waals surface area (Å²) >= 11 is 3.35. The summed E-state index contributed by atoms with van der Waals surface area (Å²) in [5, 5.41) is 11.9. The molecule has 3 aromatic heterocycles. The summed E-state index contributed by atoms with van der Waals surface area (Å²) in [6.45, 7) is 5.27. The largest absolute Gasteiger partial charge is 0.486 e. The molecule has 6 aromatic rings. The zero-order valence-corrected chi connectivity index (χ0v) is 21.6. The van der Waals surface area contributed by atoms with Crippen LogP contribution in [0.3, 0.4) is 0 Å². The Hall–Kier alpha value is -3.67. The molecule has 0 atom stereocenters. The number of aromatic nitrogens is 1. The van der Waals surface area contributed by atoms with Crippen LogP contribution in [-0.4, -0.2) is 4.57 Å². The Morgan fingerprint density at radius 2 is 1.44 bits per heavy atom. The normalized spacial score (nSPS) is 12.8. The molecular weight excluding hydrogens is 482 g/mol. The highest BCUT2D eigenvalue weighted by atomic mass is 32.1. The van der Waals surface area contributed by atoms with Crippen LogP contribution in [0.4, 0.5) is 0 Å². The van der Waals surface area contributed by atoms with Gasteiger partial charge in [-0.2, -0.15) is 22.7 Å². The summed E-state index contributed by atoms with van der Waals surface area (Å²) in [6.07, 6.45) is 0. The van der Waals surface area contributed by atoms with E-state index in [1.807, 2.05) is 10.6 Å². The molecule has 5 heteroatoms. The molecular formula is C31H23NO2S2. The Morgan fingerprint density at radius 1 is 0.778 bits per heavy atom. The quantitative estimate of drug-likeness (QED) is 0.238. The fraction of sp³-hybridized carbons (Fsp3) is 0.129. The van der Waals surface area contributed by atoms with Crippen LogP contribution in [0.25, 0.3) is 43.9 Å². The van der Waals surface area contributed by atoms with Gasteiger partial charge >= 0.3 is 0 Å². The Balaban J connectivity index is 1.55. The van der Waals surface area contributed by atoms with Crippen LogP contribution in [0.2, 0.25) is 0 Å². The predicted octanol–water partition coefficient (Wildman–Crippen LogP) is 8.17. The van der Waals surface area contributed by atoms with Crippen molar-refractivity contribution in [1.29, 1.82) is 0 Å². The number of fused-ring (bicyclic) bond motifs is 2. The second-order valence-corrected chi connectivity index (χ2v) is 11.1. The lowest BCUT2D eigenvalue weighted by Gasteiger charge is -2.24. The monoisotopic (exact) mass is 505 g/mol. The van der Waals surface area contributed by atoms with Gasteiger partial charge in [0.15, 0.2) is 5.75 Å². The Labute approximate surface area is 216 Å². The maximum absolute atomic E-state index is 13.4. The molecule has 0 N–H and O–H groups in total. The predicted molar refractivity (Wildman–Crippen MR) is 152 cm³/mol. The van der Waals surface area contributed by atoms with Crippen LogP contribution >= 0.6 is 22.7 Å². The van der Waals surface area contributed by atoms with Gasteiger partial charge in [0.2, 0.25) is 0 Å². The van der Waals surface area contributed by atoms with Gasteiger partial charge in [-0.15, -0.1) is 0 Å². The molecule has 0 fully saturated rings. The molecule has 0 saturated carbocycles. The van der Waals surface area contributed by atoms with E-state index in [1.165, 1.54) is 21.9 Å². The first-order chi connectivity index (χ1) is 17.6. The molecule has 1 aliphatic heterocycles. The van der Waals surface area contributed by atoms with E-state index in [0.717, 1.165) is 50.0 Å². The topological polar surface area (TPSA) is 31.2 Å². The van der Waals surface area contributed by atoms with Gasteiger partial charge in [0.05, 0.1) is 12.1 Å². The first-order valence-electron chi connectivity index (χ1n) is 12.0. The van der Waals surface area contributed by atoms with Crippen LogP contribution in [0, 0.1) is 13.8 Å². The van der Waals surface area contributed by atoms with Gasteiger partial charge in [-0.25, -0.2) is 0 Å². The maximum atomic E-state index is 13.4. The number of nitrogens with zero attached hydrogens (tertiary/aromatic N) is 1. The minimum absolute atomic E-state index is 0.0147. The van der Waals surface area contributed by atoms with Crippen molar-refractivity contribution in [2.75, 3.05) is 0 Å². The summed E-state index contributed by atoms with van der Waals surface area (Å²) in [5.41, 5.74) is 10.1. The molecule has 3 nitrogen and oxygen atoms in total. The third kappa shape index (κ3) is 3.34. The van der Waals surface area contributed by atoms with Gasteiger partial charge in [0.25, 0.3) is 5.56 Å². The molecule has 36 heavy (non-hydrogen) atoms. The van der Waals surface area contributed by atoms with E-state index < -0.39 is 0 Å². The maximum Gasteiger partial charge on any atom is 0.251 e. The van der Waals surface area contributed by atoms with Crippen LogP contribution in [0.5, 0.6) is 5.75 Å². The summed E-state index contributed by atoms with van der Waals surface area (Å²) in [4.78, 5) is 13.4. The van der Waals surface area contributed by atoms with Gasteiger partial charge in [-0.1, -0.05) is 12.1 Å². The fourth-order valence-corrected chi connectivity index (χ4v) is 6.63. The zero-order chi connectivity index (χ0) is 24.4. The van der Waals surface area contributed by atoms with Crippen molar-refractivity contribution in [3.63, 3.8) is 0 Å². The third-order valence-electron chi connectivity index (χ3n) is 7.36. The number of aryl methyl sites for hydroxylation is 2. The molecule has 3 aromatic carbocycles. The molecule has 0 bridgehead atoms. The van der Waals surface area contributed by atoms with E-state index in [0.29, 0.717) is 13.2 Å². The highest BCUT2D eigenvalue weighted by Crippen LogP contribution is 2.44. The fourth-order valence-electron chi connectivity index (χ4n) is 5.32. The Kier molecular flexibility index (Phi) is 4.91. The Morgan fingerprint density at radius 3 is 2.11 bits per heavy atom. The first kappa shape index (κ1) is 21.6. The Bertz CT molecular complexity index is 1840. The van der Waals surface area contributed by atoms with Gasteiger partial charge < -0.3 is 9.30 Å². The molecule has 0 amide bonds.